The van der Waals surface area contributed by atoms with E-state index in [2.05, 4.69) is 10.6 Å². The lowest BCUT2D eigenvalue weighted by Crippen LogP contribution is -2.34. The number of rotatable bonds is 3. The highest BCUT2D eigenvalue weighted by molar-refractivity contribution is 7.80. The highest BCUT2D eigenvalue weighted by atomic mass is 32.1. The summed E-state index contributed by atoms with van der Waals surface area (Å²) in [7, 11) is 0. The molecule has 5 nitrogen and oxygen atoms in total. The van der Waals surface area contributed by atoms with E-state index in [0.29, 0.717) is 18.3 Å². The topological polar surface area (TPSA) is 51.8 Å². The van der Waals surface area contributed by atoms with Crippen molar-refractivity contribution in [2.24, 2.45) is 0 Å². The zero-order valence-corrected chi connectivity index (χ0v) is 12.7. The van der Waals surface area contributed by atoms with Crippen LogP contribution in [-0.2, 0) is 4.74 Å². The van der Waals surface area contributed by atoms with Gasteiger partial charge in [0.25, 0.3) is 0 Å². The first-order chi connectivity index (χ1) is 10.3. The summed E-state index contributed by atoms with van der Waals surface area (Å²) in [6.07, 6.45) is 3.40. The highest BCUT2D eigenvalue weighted by Gasteiger charge is 2.15. The molecule has 2 aliphatic heterocycles. The predicted molar refractivity (Wildman–Crippen MR) is 85.2 cm³/mol. The maximum Gasteiger partial charge on any atom is 0.170 e. The van der Waals surface area contributed by atoms with Crippen molar-refractivity contribution >= 4 is 23.0 Å². The van der Waals surface area contributed by atoms with Crippen molar-refractivity contribution in [1.29, 1.82) is 0 Å². The predicted octanol–water partition coefficient (Wildman–Crippen LogP) is 2.31. The summed E-state index contributed by atoms with van der Waals surface area (Å²) in [4.78, 5) is 0. The van der Waals surface area contributed by atoms with E-state index in [4.69, 9.17) is 26.4 Å². The van der Waals surface area contributed by atoms with Crippen LogP contribution >= 0.6 is 12.2 Å². The molecule has 0 saturated carbocycles. The van der Waals surface area contributed by atoms with Gasteiger partial charge in [0.2, 0.25) is 0 Å². The lowest BCUT2D eigenvalue weighted by molar-refractivity contribution is 0.114. The molecule has 1 atom stereocenters. The van der Waals surface area contributed by atoms with Crippen LogP contribution in [0.3, 0.4) is 0 Å². The van der Waals surface area contributed by atoms with Gasteiger partial charge in [0.15, 0.2) is 16.6 Å². The molecule has 1 saturated heterocycles. The molecular weight excluding hydrogens is 288 g/mol. The van der Waals surface area contributed by atoms with Gasteiger partial charge in [-0.15, -0.1) is 0 Å². The fourth-order valence-electron chi connectivity index (χ4n) is 2.43. The zero-order chi connectivity index (χ0) is 14.5. The lowest BCUT2D eigenvalue weighted by Gasteiger charge is -2.15. The number of ether oxygens (including phenoxy) is 3. The Hall–Kier alpha value is -1.53. The molecule has 0 radical (unpaired) electrons. The molecule has 0 aliphatic carbocycles. The van der Waals surface area contributed by atoms with Crippen LogP contribution in [0.2, 0.25) is 0 Å². The van der Waals surface area contributed by atoms with Crippen LogP contribution in [-0.4, -0.2) is 37.6 Å². The van der Waals surface area contributed by atoms with E-state index in [1.165, 1.54) is 0 Å². The van der Waals surface area contributed by atoms with Gasteiger partial charge in [0.05, 0.1) is 19.3 Å². The second-order valence-electron chi connectivity index (χ2n) is 5.18. The second-order valence-corrected chi connectivity index (χ2v) is 5.59. The van der Waals surface area contributed by atoms with Crippen molar-refractivity contribution in [2.45, 2.75) is 25.4 Å². The van der Waals surface area contributed by atoms with Gasteiger partial charge in [-0.2, -0.15) is 0 Å². The maximum atomic E-state index is 5.66. The van der Waals surface area contributed by atoms with Gasteiger partial charge in [0.1, 0.15) is 0 Å². The van der Waals surface area contributed by atoms with E-state index in [-0.39, 0.29) is 6.10 Å². The second kappa shape index (κ2) is 6.95. The molecule has 1 aromatic carbocycles. The van der Waals surface area contributed by atoms with Crippen molar-refractivity contribution in [1.82, 2.24) is 5.32 Å². The Balaban J connectivity index is 1.54. The molecule has 21 heavy (non-hydrogen) atoms. The van der Waals surface area contributed by atoms with Gasteiger partial charge in [-0.25, -0.2) is 0 Å². The van der Waals surface area contributed by atoms with Crippen molar-refractivity contribution in [3.8, 4) is 11.5 Å². The van der Waals surface area contributed by atoms with Crippen LogP contribution < -0.4 is 20.1 Å². The third-order valence-corrected chi connectivity index (χ3v) is 3.77. The number of nitrogens with one attached hydrogen (secondary N) is 2. The quantitative estimate of drug-likeness (QED) is 0.836. The number of fused-ring (bicyclic) bond motifs is 1. The molecule has 1 fully saturated rings. The Labute approximate surface area is 130 Å². The van der Waals surface area contributed by atoms with Crippen molar-refractivity contribution in [3.05, 3.63) is 18.2 Å². The third kappa shape index (κ3) is 3.98. The van der Waals surface area contributed by atoms with Crippen molar-refractivity contribution in [2.75, 3.05) is 31.7 Å². The van der Waals surface area contributed by atoms with E-state index in [0.717, 1.165) is 49.6 Å². The Kier molecular flexibility index (Phi) is 4.77. The molecule has 2 aliphatic rings. The molecule has 6 heteroatoms. The first-order valence-corrected chi connectivity index (χ1v) is 7.78. The van der Waals surface area contributed by atoms with Crippen LogP contribution in [0.1, 0.15) is 19.3 Å². The van der Waals surface area contributed by atoms with Crippen LogP contribution in [0.15, 0.2) is 18.2 Å². The van der Waals surface area contributed by atoms with Gasteiger partial charge in [0, 0.05) is 31.3 Å². The summed E-state index contributed by atoms with van der Waals surface area (Å²) < 4.78 is 16.8. The van der Waals surface area contributed by atoms with Gasteiger partial charge in [-0.3, -0.25) is 0 Å². The minimum atomic E-state index is 0.272. The highest BCUT2D eigenvalue weighted by Crippen LogP contribution is 2.32. The first kappa shape index (κ1) is 14.4. The molecule has 0 aromatic heterocycles. The molecule has 2 N–H and O–H groups in total. The fourth-order valence-corrected chi connectivity index (χ4v) is 2.63. The molecule has 0 bridgehead atoms. The lowest BCUT2D eigenvalue weighted by atomic mass is 10.2. The molecule has 3 rings (SSSR count). The standard InChI is InChI=1S/C15H20N2O3S/c21-15(16-10-12-3-1-6-18-12)17-11-4-5-13-14(9-11)20-8-2-7-19-13/h4-5,9,12H,1-3,6-8,10H2,(H2,16,17,21)/t12-/m1/s1. The molecule has 1 aromatic rings. The zero-order valence-electron chi connectivity index (χ0n) is 11.9. The number of benzene rings is 1. The summed E-state index contributed by atoms with van der Waals surface area (Å²) in [5.41, 5.74) is 0.893. The molecule has 0 unspecified atom stereocenters. The Morgan fingerprint density at radius 1 is 1.14 bits per heavy atom. The molecule has 2 heterocycles. The third-order valence-electron chi connectivity index (χ3n) is 3.52. The Bertz CT molecular complexity index is 504. The minimum Gasteiger partial charge on any atom is -0.490 e. The molecular formula is C15H20N2O3S. The first-order valence-electron chi connectivity index (χ1n) is 7.37. The summed E-state index contributed by atoms with van der Waals surface area (Å²) in [5, 5.41) is 6.95. The van der Waals surface area contributed by atoms with Crippen LogP contribution in [0.5, 0.6) is 11.5 Å². The van der Waals surface area contributed by atoms with E-state index in [1.807, 2.05) is 18.2 Å². The van der Waals surface area contributed by atoms with Gasteiger partial charge >= 0.3 is 0 Å². The van der Waals surface area contributed by atoms with Crippen molar-refractivity contribution in [3.63, 3.8) is 0 Å². The summed E-state index contributed by atoms with van der Waals surface area (Å²) in [6.45, 7) is 2.98. The largest absolute Gasteiger partial charge is 0.490 e. The Morgan fingerprint density at radius 3 is 2.81 bits per heavy atom. The normalized spacial score (nSPS) is 20.7. The number of anilines is 1. The summed E-state index contributed by atoms with van der Waals surface area (Å²) in [6, 6.07) is 5.76. The Morgan fingerprint density at radius 2 is 2.00 bits per heavy atom. The van der Waals surface area contributed by atoms with Crippen molar-refractivity contribution < 1.29 is 14.2 Å². The number of hydrogen-bond donors (Lipinski definition) is 2. The SMILES string of the molecule is S=C(NC[C@H]1CCCO1)Nc1ccc2c(c1)OCCCO2. The van der Waals surface area contributed by atoms with Crippen LogP contribution in [0.25, 0.3) is 0 Å². The monoisotopic (exact) mass is 308 g/mol. The molecule has 0 spiro atoms. The summed E-state index contributed by atoms with van der Waals surface area (Å²) >= 11 is 5.30. The van der Waals surface area contributed by atoms with E-state index < -0.39 is 0 Å². The molecule has 114 valence electrons. The number of hydrogen-bond acceptors (Lipinski definition) is 4. The average Bonchev–Trinajstić information content (AvgIpc) is 2.90. The van der Waals surface area contributed by atoms with Gasteiger partial charge in [-0.05, 0) is 37.2 Å². The van der Waals surface area contributed by atoms with Gasteiger partial charge < -0.3 is 24.8 Å². The van der Waals surface area contributed by atoms with Gasteiger partial charge in [-0.1, -0.05) is 0 Å². The smallest absolute Gasteiger partial charge is 0.170 e. The van der Waals surface area contributed by atoms with E-state index >= 15 is 0 Å². The van der Waals surface area contributed by atoms with Crippen LogP contribution in [0, 0.1) is 0 Å². The van der Waals surface area contributed by atoms with E-state index in [9.17, 15) is 0 Å². The van der Waals surface area contributed by atoms with E-state index in [1.54, 1.807) is 0 Å². The van der Waals surface area contributed by atoms with Crippen LogP contribution in [0.4, 0.5) is 5.69 Å². The fraction of sp³-hybridized carbons (Fsp3) is 0.533. The summed E-state index contributed by atoms with van der Waals surface area (Å²) in [5.74, 6) is 1.55. The number of thiocarbonyl (C=S) groups is 1. The average molecular weight is 308 g/mol. The maximum absolute atomic E-state index is 5.66. The molecule has 0 amide bonds. The minimum absolute atomic E-state index is 0.272.